The van der Waals surface area contributed by atoms with E-state index in [9.17, 15) is 14.7 Å². The molecule has 1 unspecified atom stereocenters. The van der Waals surface area contributed by atoms with E-state index in [0.29, 0.717) is 22.7 Å². The van der Waals surface area contributed by atoms with Crippen molar-refractivity contribution < 1.29 is 14.7 Å². The molecule has 1 atom stereocenters. The first kappa shape index (κ1) is 19.7. The third-order valence-electron chi connectivity index (χ3n) is 3.93. The highest BCUT2D eigenvalue weighted by molar-refractivity contribution is 6.30. The average Bonchev–Trinajstić information content (AvgIpc) is 3.04. The smallest absolute Gasteiger partial charge is 0.326 e. The van der Waals surface area contributed by atoms with E-state index in [1.165, 1.54) is 6.20 Å². The van der Waals surface area contributed by atoms with Crippen molar-refractivity contribution in [1.82, 2.24) is 15.1 Å². The average molecular weight is 376 g/mol. The molecule has 2 rings (SSSR count). The number of hydrogen-bond acceptors (Lipinski definition) is 3. The lowest BCUT2D eigenvalue weighted by Gasteiger charge is -2.16. The van der Waals surface area contributed by atoms with Crippen molar-refractivity contribution in [2.75, 3.05) is 0 Å². The first-order valence-electron chi connectivity index (χ1n) is 8.33. The van der Waals surface area contributed by atoms with Crippen LogP contribution in [0.2, 0.25) is 5.02 Å². The molecule has 0 saturated heterocycles. The first-order valence-corrected chi connectivity index (χ1v) is 8.71. The monoisotopic (exact) mass is 375 g/mol. The van der Waals surface area contributed by atoms with Crippen LogP contribution in [0.25, 0.3) is 5.69 Å². The van der Waals surface area contributed by atoms with Gasteiger partial charge in [-0.05, 0) is 43.0 Å². The van der Waals surface area contributed by atoms with Crippen LogP contribution in [-0.2, 0) is 4.79 Å². The molecule has 0 saturated carbocycles. The summed E-state index contributed by atoms with van der Waals surface area (Å²) in [6.07, 6.45) is 3.87. The lowest BCUT2D eigenvalue weighted by Crippen LogP contribution is -2.41. The van der Waals surface area contributed by atoms with Crippen molar-refractivity contribution in [1.29, 1.82) is 0 Å². The highest BCUT2D eigenvalue weighted by Gasteiger charge is 2.25. The van der Waals surface area contributed by atoms with E-state index in [2.05, 4.69) is 17.0 Å². The van der Waals surface area contributed by atoms with Gasteiger partial charge in [0.15, 0.2) is 0 Å². The number of carboxylic acid groups (broad SMARTS) is 1. The topological polar surface area (TPSA) is 84.2 Å². The van der Waals surface area contributed by atoms with Gasteiger partial charge in [0.25, 0.3) is 5.91 Å². The second kappa shape index (κ2) is 8.67. The van der Waals surface area contributed by atoms with Gasteiger partial charge >= 0.3 is 5.97 Å². The molecule has 1 heterocycles. The van der Waals surface area contributed by atoms with E-state index in [4.69, 9.17) is 11.6 Å². The third kappa shape index (κ3) is 4.52. The van der Waals surface area contributed by atoms with Crippen molar-refractivity contribution in [3.05, 3.63) is 59.4 Å². The zero-order valence-electron chi connectivity index (χ0n) is 14.8. The molecule has 7 heteroatoms. The van der Waals surface area contributed by atoms with Gasteiger partial charge in [-0.1, -0.05) is 31.5 Å². The van der Waals surface area contributed by atoms with Gasteiger partial charge in [0, 0.05) is 5.02 Å². The Hall–Kier alpha value is -2.60. The fraction of sp³-hybridized carbons (Fsp3) is 0.316. The lowest BCUT2D eigenvalue weighted by atomic mass is 10.0. The molecule has 6 nitrogen and oxygen atoms in total. The van der Waals surface area contributed by atoms with Crippen LogP contribution in [0.5, 0.6) is 0 Å². The molecule has 0 bridgehead atoms. The lowest BCUT2D eigenvalue weighted by molar-refractivity contribution is -0.139. The fourth-order valence-electron chi connectivity index (χ4n) is 2.65. The Morgan fingerprint density at radius 1 is 1.35 bits per heavy atom. The molecule has 1 amide bonds. The van der Waals surface area contributed by atoms with Gasteiger partial charge < -0.3 is 10.4 Å². The summed E-state index contributed by atoms with van der Waals surface area (Å²) in [5.41, 5.74) is 1.84. The molecule has 0 aliphatic heterocycles. The second-order valence-corrected chi connectivity index (χ2v) is 6.65. The molecule has 1 aromatic carbocycles. The molecule has 0 fully saturated rings. The van der Waals surface area contributed by atoms with Crippen molar-refractivity contribution in [2.45, 2.75) is 38.6 Å². The normalized spacial score (nSPS) is 12.0. The van der Waals surface area contributed by atoms with Crippen molar-refractivity contribution in [3.8, 4) is 5.69 Å². The van der Waals surface area contributed by atoms with Gasteiger partial charge in [0.05, 0.1) is 23.1 Å². The number of aliphatic carboxylic acids is 1. The van der Waals surface area contributed by atoms with Gasteiger partial charge in [0.2, 0.25) is 0 Å². The summed E-state index contributed by atoms with van der Waals surface area (Å²) in [5.74, 6) is -1.52. The summed E-state index contributed by atoms with van der Waals surface area (Å²) in [6, 6.07) is 6.15. The molecule has 1 aromatic heterocycles. The van der Waals surface area contributed by atoms with Crippen LogP contribution in [0.1, 0.15) is 48.7 Å². The number of allylic oxidation sites excluding steroid dienone is 1. The molecule has 0 radical (unpaired) electrons. The van der Waals surface area contributed by atoms with Crippen LogP contribution >= 0.6 is 11.6 Å². The van der Waals surface area contributed by atoms with E-state index in [1.807, 2.05) is 26.0 Å². The van der Waals surface area contributed by atoms with Gasteiger partial charge in [0.1, 0.15) is 6.04 Å². The number of rotatable bonds is 8. The Balaban J connectivity index is 2.34. The molecule has 0 spiro atoms. The van der Waals surface area contributed by atoms with E-state index >= 15 is 0 Å². The fourth-order valence-corrected chi connectivity index (χ4v) is 2.78. The predicted molar refractivity (Wildman–Crippen MR) is 101 cm³/mol. The van der Waals surface area contributed by atoms with Gasteiger partial charge in [-0.2, -0.15) is 5.10 Å². The van der Waals surface area contributed by atoms with Crippen molar-refractivity contribution in [3.63, 3.8) is 0 Å². The molecule has 0 aliphatic carbocycles. The minimum atomic E-state index is -1.07. The largest absolute Gasteiger partial charge is 0.480 e. The van der Waals surface area contributed by atoms with Crippen LogP contribution in [0.3, 0.4) is 0 Å². The summed E-state index contributed by atoms with van der Waals surface area (Å²) in [7, 11) is 0. The summed E-state index contributed by atoms with van der Waals surface area (Å²) in [5, 5.41) is 16.8. The third-order valence-corrected chi connectivity index (χ3v) is 4.18. The summed E-state index contributed by atoms with van der Waals surface area (Å²) >= 11 is 5.93. The summed E-state index contributed by atoms with van der Waals surface area (Å²) in [6.45, 7) is 7.48. The van der Waals surface area contributed by atoms with E-state index < -0.39 is 17.9 Å². The Kier molecular flexibility index (Phi) is 6.58. The maximum atomic E-state index is 12.7. The van der Waals surface area contributed by atoms with Crippen LogP contribution in [0.15, 0.2) is 43.1 Å². The maximum Gasteiger partial charge on any atom is 0.326 e. The molecular formula is C19H22ClN3O3. The standard InChI is InChI=1S/C19H22ClN3O3/c1-4-5-6-16(19(25)26)22-18(24)15-11-21-23(17(15)12(2)3)14-9-7-13(20)8-10-14/h4,7-12,16H,1,5-6H2,2-3H3,(H,22,24)(H,25,26). The number of amides is 1. The zero-order valence-corrected chi connectivity index (χ0v) is 15.5. The zero-order chi connectivity index (χ0) is 19.3. The molecule has 2 N–H and O–H groups in total. The van der Waals surface area contributed by atoms with E-state index in [-0.39, 0.29) is 12.3 Å². The van der Waals surface area contributed by atoms with Crippen LogP contribution in [0.4, 0.5) is 0 Å². The number of benzene rings is 1. The number of nitrogens with zero attached hydrogens (tertiary/aromatic N) is 2. The van der Waals surface area contributed by atoms with Crippen LogP contribution in [0, 0.1) is 0 Å². The van der Waals surface area contributed by atoms with Crippen molar-refractivity contribution >= 4 is 23.5 Å². The molecule has 26 heavy (non-hydrogen) atoms. The van der Waals surface area contributed by atoms with Gasteiger partial charge in [-0.3, -0.25) is 4.79 Å². The number of carboxylic acids is 1. The second-order valence-electron chi connectivity index (χ2n) is 6.22. The molecule has 2 aromatic rings. The number of halogens is 1. The number of hydrogen-bond donors (Lipinski definition) is 2. The highest BCUT2D eigenvalue weighted by Crippen LogP contribution is 2.24. The summed E-state index contributed by atoms with van der Waals surface area (Å²) < 4.78 is 1.68. The predicted octanol–water partition coefficient (Wildman–Crippen LogP) is 3.80. The number of carbonyl (C=O) groups is 2. The Labute approximate surface area is 157 Å². The van der Waals surface area contributed by atoms with Gasteiger partial charge in [-0.15, -0.1) is 6.58 Å². The van der Waals surface area contributed by atoms with Crippen LogP contribution < -0.4 is 5.32 Å². The number of aromatic nitrogens is 2. The Bertz CT molecular complexity index is 797. The van der Waals surface area contributed by atoms with Gasteiger partial charge in [-0.25, -0.2) is 9.48 Å². The SMILES string of the molecule is C=CCCC(NC(=O)c1cnn(-c2ccc(Cl)cc2)c1C(C)C)C(=O)O. The Morgan fingerprint density at radius 3 is 2.54 bits per heavy atom. The first-order chi connectivity index (χ1) is 12.3. The maximum absolute atomic E-state index is 12.7. The number of carbonyl (C=O) groups excluding carboxylic acids is 1. The molecule has 0 aliphatic rings. The molecule has 138 valence electrons. The summed E-state index contributed by atoms with van der Waals surface area (Å²) in [4.78, 5) is 24.0. The number of nitrogens with one attached hydrogen (secondary N) is 1. The highest BCUT2D eigenvalue weighted by atomic mass is 35.5. The quantitative estimate of drug-likeness (QED) is 0.687. The van der Waals surface area contributed by atoms with E-state index in [0.717, 1.165) is 5.69 Å². The van der Waals surface area contributed by atoms with Crippen molar-refractivity contribution in [2.24, 2.45) is 0 Å². The Morgan fingerprint density at radius 2 is 2.00 bits per heavy atom. The minimum Gasteiger partial charge on any atom is -0.480 e. The van der Waals surface area contributed by atoms with Crippen LogP contribution in [-0.4, -0.2) is 32.8 Å². The molecular weight excluding hydrogens is 354 g/mol. The minimum absolute atomic E-state index is 0.00498. The van der Waals surface area contributed by atoms with E-state index in [1.54, 1.807) is 22.9 Å².